The molecule has 0 spiro atoms. The molecule has 1 N–H and O–H groups in total. The Bertz CT molecular complexity index is 427. The van der Waals surface area contributed by atoms with Gasteiger partial charge in [0, 0.05) is 25.2 Å². The molecule has 0 aliphatic carbocycles. The number of nitrogens with zero attached hydrogens (tertiary/aromatic N) is 2. The van der Waals surface area contributed by atoms with Crippen molar-refractivity contribution in [2.75, 3.05) is 32.5 Å². The smallest absolute Gasteiger partial charge is 0.0621 e. The van der Waals surface area contributed by atoms with Gasteiger partial charge in [0.05, 0.1) is 6.07 Å². The first kappa shape index (κ1) is 16.5. The highest BCUT2D eigenvalue weighted by atomic mass is 15.0. The monoisotopic (exact) mass is 273 g/mol. The van der Waals surface area contributed by atoms with E-state index in [1.165, 1.54) is 5.56 Å². The quantitative estimate of drug-likeness (QED) is 0.787. The molecule has 0 fully saturated rings. The molecule has 0 unspecified atom stereocenters. The third kappa shape index (κ3) is 6.58. The van der Waals surface area contributed by atoms with Crippen LogP contribution in [0.4, 0.5) is 5.69 Å². The molecule has 1 rings (SSSR count). The maximum atomic E-state index is 8.66. The molecular weight excluding hydrogens is 246 g/mol. The zero-order valence-corrected chi connectivity index (χ0v) is 13.2. The van der Waals surface area contributed by atoms with E-state index in [4.69, 9.17) is 5.26 Å². The Labute approximate surface area is 123 Å². The van der Waals surface area contributed by atoms with Crippen LogP contribution in [0.2, 0.25) is 0 Å². The van der Waals surface area contributed by atoms with Gasteiger partial charge in [-0.15, -0.1) is 0 Å². The molecule has 110 valence electrons. The summed E-state index contributed by atoms with van der Waals surface area (Å²) in [7, 11) is 4.19. The fourth-order valence-electron chi connectivity index (χ4n) is 1.97. The molecule has 0 saturated heterocycles. The molecule has 0 heterocycles. The van der Waals surface area contributed by atoms with E-state index in [2.05, 4.69) is 68.5 Å². The number of nitrogens with one attached hydrogen (secondary N) is 1. The molecule has 1 aromatic carbocycles. The highest BCUT2D eigenvalue weighted by Crippen LogP contribution is 2.23. The minimum absolute atomic E-state index is 0.152. The molecule has 0 aromatic heterocycles. The first-order valence-electron chi connectivity index (χ1n) is 7.27. The van der Waals surface area contributed by atoms with E-state index >= 15 is 0 Å². The van der Waals surface area contributed by atoms with E-state index in [1.807, 2.05) is 0 Å². The van der Waals surface area contributed by atoms with Crippen molar-refractivity contribution in [3.63, 3.8) is 0 Å². The number of hydrogen-bond acceptors (Lipinski definition) is 3. The molecule has 0 atom stereocenters. The lowest BCUT2D eigenvalue weighted by Gasteiger charge is -2.24. The zero-order valence-electron chi connectivity index (χ0n) is 13.2. The molecule has 3 nitrogen and oxygen atoms in total. The molecule has 0 saturated carbocycles. The van der Waals surface area contributed by atoms with Gasteiger partial charge in [-0.25, -0.2) is 0 Å². The fraction of sp³-hybridized carbons (Fsp3) is 0.588. The minimum atomic E-state index is 0.152. The van der Waals surface area contributed by atoms with E-state index < -0.39 is 0 Å². The van der Waals surface area contributed by atoms with Gasteiger partial charge in [0.1, 0.15) is 0 Å². The summed E-state index contributed by atoms with van der Waals surface area (Å²) in [4.78, 5) is 2.20. The predicted octanol–water partition coefficient (Wildman–Crippen LogP) is 3.53. The van der Waals surface area contributed by atoms with Crippen LogP contribution in [-0.2, 0) is 6.42 Å². The van der Waals surface area contributed by atoms with Crippen molar-refractivity contribution >= 4 is 5.69 Å². The van der Waals surface area contributed by atoms with Crippen molar-refractivity contribution in [1.82, 2.24) is 4.90 Å². The van der Waals surface area contributed by atoms with Crippen molar-refractivity contribution in [2.24, 2.45) is 5.41 Å². The highest BCUT2D eigenvalue weighted by molar-refractivity contribution is 5.44. The Morgan fingerprint density at radius 3 is 2.40 bits per heavy atom. The third-order valence-corrected chi connectivity index (χ3v) is 3.49. The summed E-state index contributed by atoms with van der Waals surface area (Å²) < 4.78 is 0. The van der Waals surface area contributed by atoms with Crippen molar-refractivity contribution in [2.45, 2.75) is 33.1 Å². The first-order chi connectivity index (χ1) is 9.43. The van der Waals surface area contributed by atoms with Gasteiger partial charge in [0.15, 0.2) is 0 Å². The van der Waals surface area contributed by atoms with Crippen LogP contribution < -0.4 is 5.32 Å². The van der Waals surface area contributed by atoms with Crippen LogP contribution in [0.25, 0.3) is 0 Å². The molecular formula is C17H27N3. The van der Waals surface area contributed by atoms with E-state index in [0.29, 0.717) is 6.42 Å². The van der Waals surface area contributed by atoms with Crippen LogP contribution in [0.5, 0.6) is 0 Å². The van der Waals surface area contributed by atoms with Gasteiger partial charge in [-0.2, -0.15) is 5.26 Å². The number of anilines is 1. The second-order valence-electron chi connectivity index (χ2n) is 6.43. The van der Waals surface area contributed by atoms with E-state index in [9.17, 15) is 0 Å². The molecule has 0 aliphatic heterocycles. The number of nitriles is 1. The second kappa shape index (κ2) is 7.91. The van der Waals surface area contributed by atoms with Crippen molar-refractivity contribution < 1.29 is 0 Å². The van der Waals surface area contributed by atoms with Gasteiger partial charge in [-0.05, 0) is 50.0 Å². The van der Waals surface area contributed by atoms with Gasteiger partial charge >= 0.3 is 0 Å². The fourth-order valence-corrected chi connectivity index (χ4v) is 1.97. The molecule has 0 aliphatic rings. The van der Waals surface area contributed by atoms with E-state index in [1.54, 1.807) is 0 Å². The van der Waals surface area contributed by atoms with Crippen LogP contribution in [0.3, 0.4) is 0 Å². The topological polar surface area (TPSA) is 39.1 Å². The molecule has 0 radical (unpaired) electrons. The minimum Gasteiger partial charge on any atom is -0.385 e. The average molecular weight is 273 g/mol. The van der Waals surface area contributed by atoms with Crippen LogP contribution in [-0.4, -0.2) is 32.1 Å². The number of rotatable bonds is 8. The van der Waals surface area contributed by atoms with Gasteiger partial charge in [-0.3, -0.25) is 0 Å². The Morgan fingerprint density at radius 1 is 1.20 bits per heavy atom. The maximum absolute atomic E-state index is 8.66. The van der Waals surface area contributed by atoms with Crippen molar-refractivity contribution in [1.29, 1.82) is 5.26 Å². The van der Waals surface area contributed by atoms with Crippen LogP contribution in [0, 0.1) is 16.7 Å². The van der Waals surface area contributed by atoms with Gasteiger partial charge in [-0.1, -0.05) is 26.0 Å². The molecule has 0 amide bonds. The van der Waals surface area contributed by atoms with Crippen molar-refractivity contribution in [3.8, 4) is 6.07 Å². The molecule has 3 heteroatoms. The number of likely N-dealkylation sites (N-methyl/N-ethyl adjacent to an activating group) is 1. The Morgan fingerprint density at radius 2 is 1.85 bits per heavy atom. The summed E-state index contributed by atoms with van der Waals surface area (Å²) in [5.41, 5.74) is 2.68. The second-order valence-corrected chi connectivity index (χ2v) is 6.43. The summed E-state index contributed by atoms with van der Waals surface area (Å²) in [6, 6.07) is 10.9. The average Bonchev–Trinajstić information content (AvgIpc) is 2.42. The summed E-state index contributed by atoms with van der Waals surface area (Å²) in [6.07, 6.45) is 2.64. The van der Waals surface area contributed by atoms with E-state index in [-0.39, 0.29) is 5.41 Å². The third-order valence-electron chi connectivity index (χ3n) is 3.49. The van der Waals surface area contributed by atoms with Gasteiger partial charge < -0.3 is 10.2 Å². The highest BCUT2D eigenvalue weighted by Gasteiger charge is 2.16. The lowest BCUT2D eigenvalue weighted by Crippen LogP contribution is -2.22. The lowest BCUT2D eigenvalue weighted by molar-refractivity contribution is 0.364. The van der Waals surface area contributed by atoms with Crippen LogP contribution in [0.15, 0.2) is 24.3 Å². The summed E-state index contributed by atoms with van der Waals surface area (Å²) in [5.74, 6) is 0. The molecule has 1 aromatic rings. The summed E-state index contributed by atoms with van der Waals surface area (Å²) in [6.45, 7) is 6.37. The number of hydrogen-bond donors (Lipinski definition) is 1. The normalized spacial score (nSPS) is 11.4. The summed E-state index contributed by atoms with van der Waals surface area (Å²) in [5, 5.41) is 12.1. The predicted molar refractivity (Wildman–Crippen MR) is 85.8 cm³/mol. The summed E-state index contributed by atoms with van der Waals surface area (Å²) >= 11 is 0. The first-order valence-corrected chi connectivity index (χ1v) is 7.27. The van der Waals surface area contributed by atoms with Crippen molar-refractivity contribution in [3.05, 3.63) is 29.8 Å². The van der Waals surface area contributed by atoms with Gasteiger partial charge in [0.2, 0.25) is 0 Å². The number of benzene rings is 1. The lowest BCUT2D eigenvalue weighted by atomic mass is 9.88. The van der Waals surface area contributed by atoms with E-state index in [0.717, 1.165) is 31.6 Å². The van der Waals surface area contributed by atoms with Crippen LogP contribution in [0.1, 0.15) is 32.3 Å². The standard InChI is InChI=1S/C17H27N3/c1-17(2,11-5-12-18)14-19-16-8-6-15(7-9-16)10-13-20(3)4/h6-9,19H,5,10-11,13-14H2,1-4H3. The Hall–Kier alpha value is -1.53. The zero-order chi connectivity index (χ0) is 15.0. The Kier molecular flexibility index (Phi) is 6.54. The maximum Gasteiger partial charge on any atom is 0.0621 e. The van der Waals surface area contributed by atoms with Crippen LogP contribution >= 0.6 is 0 Å². The molecule has 0 bridgehead atoms. The Balaban J connectivity index is 2.43. The largest absolute Gasteiger partial charge is 0.385 e. The SMILES string of the molecule is CN(C)CCc1ccc(NCC(C)(C)CCC#N)cc1. The van der Waals surface area contributed by atoms with Gasteiger partial charge in [0.25, 0.3) is 0 Å². The molecule has 20 heavy (non-hydrogen) atoms.